The van der Waals surface area contributed by atoms with Gasteiger partial charge in [0.25, 0.3) is 0 Å². The molecule has 0 aliphatic heterocycles. The number of ether oxygens (including phenoxy) is 1. The third-order valence-electron chi connectivity index (χ3n) is 2.48. The van der Waals surface area contributed by atoms with Crippen LogP contribution in [0.2, 0.25) is 0 Å². The van der Waals surface area contributed by atoms with Crippen LogP contribution in [0.1, 0.15) is 17.4 Å². The van der Waals surface area contributed by atoms with E-state index in [1.807, 2.05) is 30.3 Å². The molecular weight excluding hydrogens is 246 g/mol. The number of fused-ring (bicyclic) bond motifs is 1. The number of para-hydroxylation sites is 1. The number of nitrogens with one attached hydrogen (secondary N) is 1. The van der Waals surface area contributed by atoms with Crippen LogP contribution in [0.25, 0.3) is 10.9 Å². The summed E-state index contributed by atoms with van der Waals surface area (Å²) in [6, 6.07) is 7.86. The Bertz CT molecular complexity index is 574. The molecule has 0 unspecified atom stereocenters. The van der Waals surface area contributed by atoms with Gasteiger partial charge in [-0.15, -0.1) is 18.3 Å². The van der Waals surface area contributed by atoms with Gasteiger partial charge in [-0.25, -0.2) is 4.79 Å². The molecule has 4 heteroatoms. The van der Waals surface area contributed by atoms with Crippen LogP contribution in [0, 0.1) is 0 Å². The molecule has 0 aliphatic rings. The highest BCUT2D eigenvalue weighted by Gasteiger charge is 2.18. The van der Waals surface area contributed by atoms with Crippen LogP contribution in [-0.2, 0) is 4.74 Å². The van der Waals surface area contributed by atoms with Crippen LogP contribution >= 0.6 is 11.8 Å². The highest BCUT2D eigenvalue weighted by Crippen LogP contribution is 2.32. The van der Waals surface area contributed by atoms with Crippen molar-refractivity contribution in [3.63, 3.8) is 0 Å². The Balaban J connectivity index is 2.49. The number of H-pyrrole nitrogens is 1. The summed E-state index contributed by atoms with van der Waals surface area (Å²) in [6.07, 6.45) is 1.82. The molecule has 0 bridgehead atoms. The van der Waals surface area contributed by atoms with Gasteiger partial charge in [0.1, 0.15) is 5.69 Å². The predicted molar refractivity (Wildman–Crippen MR) is 75.2 cm³/mol. The summed E-state index contributed by atoms with van der Waals surface area (Å²) in [7, 11) is 0. The maximum absolute atomic E-state index is 11.9. The predicted octanol–water partition coefficient (Wildman–Crippen LogP) is 3.62. The van der Waals surface area contributed by atoms with E-state index in [1.54, 1.807) is 18.7 Å². The van der Waals surface area contributed by atoms with Gasteiger partial charge in [-0.05, 0) is 13.0 Å². The Morgan fingerprint density at radius 2 is 2.28 bits per heavy atom. The molecule has 1 heterocycles. The van der Waals surface area contributed by atoms with Crippen molar-refractivity contribution in [3.05, 3.63) is 42.6 Å². The number of hydrogen-bond acceptors (Lipinski definition) is 3. The Hall–Kier alpha value is -1.68. The number of esters is 1. The Morgan fingerprint density at radius 1 is 1.50 bits per heavy atom. The van der Waals surface area contributed by atoms with Crippen LogP contribution in [0.15, 0.2) is 41.8 Å². The second kappa shape index (κ2) is 5.78. The summed E-state index contributed by atoms with van der Waals surface area (Å²) < 4.78 is 5.07. The van der Waals surface area contributed by atoms with Gasteiger partial charge in [0.15, 0.2) is 0 Å². The van der Waals surface area contributed by atoms with Crippen molar-refractivity contribution in [2.45, 2.75) is 11.8 Å². The molecule has 1 aromatic carbocycles. The fraction of sp³-hybridized carbons (Fsp3) is 0.214. The minimum atomic E-state index is -0.305. The van der Waals surface area contributed by atoms with Crippen LogP contribution in [0.4, 0.5) is 0 Å². The molecule has 2 aromatic rings. The van der Waals surface area contributed by atoms with E-state index in [0.29, 0.717) is 12.3 Å². The number of aromatic amines is 1. The molecule has 2 rings (SSSR count). The lowest BCUT2D eigenvalue weighted by molar-refractivity contribution is 0.0516. The minimum absolute atomic E-state index is 0.305. The van der Waals surface area contributed by atoms with E-state index >= 15 is 0 Å². The van der Waals surface area contributed by atoms with Crippen LogP contribution in [0.3, 0.4) is 0 Å². The summed E-state index contributed by atoms with van der Waals surface area (Å²) in [4.78, 5) is 16.0. The normalized spacial score (nSPS) is 10.5. The molecule has 0 saturated carbocycles. The van der Waals surface area contributed by atoms with Gasteiger partial charge in [-0.2, -0.15) is 0 Å². The molecule has 0 radical (unpaired) electrons. The molecule has 18 heavy (non-hydrogen) atoms. The molecule has 3 nitrogen and oxygen atoms in total. The Labute approximate surface area is 110 Å². The number of thioether (sulfide) groups is 1. The zero-order chi connectivity index (χ0) is 13.0. The topological polar surface area (TPSA) is 42.1 Å². The third-order valence-corrected chi connectivity index (χ3v) is 3.60. The first-order valence-electron chi connectivity index (χ1n) is 5.79. The van der Waals surface area contributed by atoms with E-state index in [0.717, 1.165) is 21.6 Å². The van der Waals surface area contributed by atoms with E-state index in [-0.39, 0.29) is 5.97 Å². The number of hydrogen-bond donors (Lipinski definition) is 1. The van der Waals surface area contributed by atoms with Crippen molar-refractivity contribution in [2.24, 2.45) is 0 Å². The van der Waals surface area contributed by atoms with Crippen LogP contribution in [0.5, 0.6) is 0 Å². The number of benzene rings is 1. The van der Waals surface area contributed by atoms with E-state index in [2.05, 4.69) is 11.6 Å². The largest absolute Gasteiger partial charge is 0.461 e. The monoisotopic (exact) mass is 261 g/mol. The van der Waals surface area contributed by atoms with Gasteiger partial charge >= 0.3 is 5.97 Å². The molecule has 0 amide bonds. The lowest BCUT2D eigenvalue weighted by Crippen LogP contribution is -2.06. The van der Waals surface area contributed by atoms with Crippen molar-refractivity contribution in [1.82, 2.24) is 4.98 Å². The van der Waals surface area contributed by atoms with Crippen molar-refractivity contribution in [2.75, 3.05) is 12.4 Å². The molecule has 0 aliphatic carbocycles. The van der Waals surface area contributed by atoms with E-state index in [1.165, 1.54) is 0 Å². The molecular formula is C14H15NO2S. The van der Waals surface area contributed by atoms with Gasteiger partial charge in [0.2, 0.25) is 0 Å². The second-order valence-corrected chi connectivity index (χ2v) is 4.73. The molecule has 0 fully saturated rings. The lowest BCUT2D eigenvalue weighted by Gasteiger charge is -2.02. The SMILES string of the molecule is C=CCSc1c(C(=O)OCC)[nH]c2ccccc12. The summed E-state index contributed by atoms with van der Waals surface area (Å²) >= 11 is 1.59. The average Bonchev–Trinajstić information content (AvgIpc) is 2.75. The van der Waals surface area contributed by atoms with Crippen LogP contribution in [-0.4, -0.2) is 23.3 Å². The van der Waals surface area contributed by atoms with Crippen LogP contribution < -0.4 is 0 Å². The lowest BCUT2D eigenvalue weighted by atomic mass is 10.2. The molecule has 0 spiro atoms. The van der Waals surface area contributed by atoms with Gasteiger partial charge in [-0.1, -0.05) is 24.3 Å². The molecule has 0 saturated heterocycles. The van der Waals surface area contributed by atoms with Gasteiger partial charge in [0, 0.05) is 21.6 Å². The summed E-state index contributed by atoms with van der Waals surface area (Å²) in [5.74, 6) is 0.453. The van der Waals surface area contributed by atoms with Crippen molar-refractivity contribution in [1.29, 1.82) is 0 Å². The van der Waals surface area contributed by atoms with Gasteiger partial charge < -0.3 is 9.72 Å². The minimum Gasteiger partial charge on any atom is -0.461 e. The fourth-order valence-corrected chi connectivity index (χ4v) is 2.65. The number of carbonyl (C=O) groups excluding carboxylic acids is 1. The van der Waals surface area contributed by atoms with Crippen molar-refractivity contribution in [3.8, 4) is 0 Å². The molecule has 1 aromatic heterocycles. The zero-order valence-corrected chi connectivity index (χ0v) is 11.0. The van der Waals surface area contributed by atoms with E-state index in [4.69, 9.17) is 4.74 Å². The highest BCUT2D eigenvalue weighted by molar-refractivity contribution is 7.99. The first-order chi connectivity index (χ1) is 8.77. The maximum Gasteiger partial charge on any atom is 0.355 e. The first-order valence-corrected chi connectivity index (χ1v) is 6.78. The Kier molecular flexibility index (Phi) is 4.10. The smallest absolute Gasteiger partial charge is 0.355 e. The fourth-order valence-electron chi connectivity index (χ4n) is 1.76. The van der Waals surface area contributed by atoms with E-state index in [9.17, 15) is 4.79 Å². The summed E-state index contributed by atoms with van der Waals surface area (Å²) in [5, 5.41) is 1.05. The number of carbonyl (C=O) groups is 1. The van der Waals surface area contributed by atoms with Gasteiger partial charge in [-0.3, -0.25) is 0 Å². The van der Waals surface area contributed by atoms with E-state index < -0.39 is 0 Å². The summed E-state index contributed by atoms with van der Waals surface area (Å²) in [5.41, 5.74) is 1.48. The second-order valence-electron chi connectivity index (χ2n) is 3.69. The highest BCUT2D eigenvalue weighted by atomic mass is 32.2. The van der Waals surface area contributed by atoms with Crippen molar-refractivity contribution < 1.29 is 9.53 Å². The quantitative estimate of drug-likeness (QED) is 0.508. The zero-order valence-electron chi connectivity index (χ0n) is 10.2. The Morgan fingerprint density at radius 3 is 3.00 bits per heavy atom. The summed E-state index contributed by atoms with van der Waals surface area (Å²) in [6.45, 7) is 5.88. The standard InChI is InChI=1S/C14H15NO2S/c1-3-9-18-13-10-7-5-6-8-11(10)15-12(13)14(16)17-4-2/h3,5-8,15H,1,4,9H2,2H3. The van der Waals surface area contributed by atoms with Crippen molar-refractivity contribution >= 4 is 28.6 Å². The number of rotatable bonds is 5. The van der Waals surface area contributed by atoms with Gasteiger partial charge in [0.05, 0.1) is 6.61 Å². The first kappa shape index (κ1) is 12.8. The molecule has 0 atom stereocenters. The third kappa shape index (κ3) is 2.43. The average molecular weight is 261 g/mol. The molecule has 1 N–H and O–H groups in total. The molecule has 94 valence electrons. The maximum atomic E-state index is 11.9. The number of aromatic nitrogens is 1.